The van der Waals surface area contributed by atoms with E-state index in [1.165, 1.54) is 4.90 Å². The summed E-state index contributed by atoms with van der Waals surface area (Å²) in [7, 11) is 3.45. The molecule has 0 bridgehead atoms. The molecular weight excluding hydrogens is 152 g/mol. The fourth-order valence-corrected chi connectivity index (χ4v) is 0.905. The molecule has 0 aliphatic carbocycles. The second-order valence-electron chi connectivity index (χ2n) is 2.80. The van der Waals surface area contributed by atoms with Crippen LogP contribution in [0.25, 0.3) is 0 Å². The molecule has 0 radical (unpaired) electrons. The molecule has 0 aliphatic heterocycles. The van der Waals surface area contributed by atoms with Gasteiger partial charge in [0.15, 0.2) is 0 Å². The first-order valence-electron chi connectivity index (χ1n) is 4.03. The Morgan fingerprint density at radius 1 is 1.50 bits per heavy atom. The molecule has 0 aromatic heterocycles. The van der Waals surface area contributed by atoms with E-state index in [1.807, 2.05) is 6.92 Å². The maximum Gasteiger partial charge on any atom is 0.320 e. The summed E-state index contributed by atoms with van der Waals surface area (Å²) < 4.78 is 0. The lowest BCUT2D eigenvalue weighted by Crippen LogP contribution is -2.39. The van der Waals surface area contributed by atoms with Crippen LogP contribution in [0, 0.1) is 12.3 Å². The summed E-state index contributed by atoms with van der Waals surface area (Å²) in [5, 5.41) is 0. The Kier molecular flexibility index (Phi) is 4.94. The lowest BCUT2D eigenvalue weighted by atomic mass is 10.4. The van der Waals surface area contributed by atoms with Crippen LogP contribution in [0.5, 0.6) is 0 Å². The van der Waals surface area contributed by atoms with Gasteiger partial charge in [-0.25, -0.2) is 4.79 Å². The minimum atomic E-state index is -0.0187. The van der Waals surface area contributed by atoms with Crippen molar-refractivity contribution >= 4 is 6.03 Å². The van der Waals surface area contributed by atoms with E-state index < -0.39 is 0 Å². The molecule has 3 heteroatoms. The van der Waals surface area contributed by atoms with Crippen LogP contribution in [0.4, 0.5) is 4.79 Å². The van der Waals surface area contributed by atoms with Crippen molar-refractivity contribution in [3.8, 4) is 12.3 Å². The Bertz CT molecular complexity index is 181. The van der Waals surface area contributed by atoms with Crippen molar-refractivity contribution in [1.82, 2.24) is 9.80 Å². The van der Waals surface area contributed by atoms with E-state index in [-0.39, 0.29) is 6.03 Å². The zero-order chi connectivity index (χ0) is 9.56. The number of terminal acetylenes is 1. The van der Waals surface area contributed by atoms with Gasteiger partial charge >= 0.3 is 6.03 Å². The molecule has 0 aliphatic rings. The second-order valence-corrected chi connectivity index (χ2v) is 2.80. The van der Waals surface area contributed by atoms with Crippen molar-refractivity contribution in [1.29, 1.82) is 0 Å². The minimum absolute atomic E-state index is 0.0187. The molecule has 0 saturated carbocycles. The van der Waals surface area contributed by atoms with Crippen LogP contribution in [0.1, 0.15) is 13.3 Å². The van der Waals surface area contributed by atoms with Crippen molar-refractivity contribution in [3.05, 3.63) is 0 Å². The lowest BCUT2D eigenvalue weighted by molar-refractivity contribution is 0.177. The van der Waals surface area contributed by atoms with E-state index in [1.54, 1.807) is 19.0 Å². The smallest absolute Gasteiger partial charge is 0.320 e. The van der Waals surface area contributed by atoms with E-state index in [9.17, 15) is 4.79 Å². The molecule has 0 unspecified atom stereocenters. The van der Waals surface area contributed by atoms with Gasteiger partial charge in [0.1, 0.15) is 0 Å². The Balaban J connectivity index is 4.11. The lowest BCUT2D eigenvalue weighted by Gasteiger charge is -2.23. The Labute approximate surface area is 74.3 Å². The van der Waals surface area contributed by atoms with Gasteiger partial charge < -0.3 is 9.80 Å². The summed E-state index contributed by atoms with van der Waals surface area (Å²) >= 11 is 0. The Morgan fingerprint density at radius 3 is 2.42 bits per heavy atom. The van der Waals surface area contributed by atoms with E-state index in [0.717, 1.165) is 13.0 Å². The van der Waals surface area contributed by atoms with E-state index >= 15 is 0 Å². The summed E-state index contributed by atoms with van der Waals surface area (Å²) in [5.74, 6) is 2.47. The van der Waals surface area contributed by atoms with Crippen molar-refractivity contribution in [2.75, 3.05) is 27.2 Å². The van der Waals surface area contributed by atoms with E-state index in [4.69, 9.17) is 6.42 Å². The molecule has 0 saturated heterocycles. The van der Waals surface area contributed by atoms with Gasteiger partial charge in [-0.2, -0.15) is 0 Å². The van der Waals surface area contributed by atoms with Crippen LogP contribution in [-0.4, -0.2) is 43.0 Å². The summed E-state index contributed by atoms with van der Waals surface area (Å²) in [6.45, 7) is 3.14. The van der Waals surface area contributed by atoms with Gasteiger partial charge in [-0.05, 0) is 6.42 Å². The molecule has 68 valence electrons. The number of hydrogen-bond acceptors (Lipinski definition) is 1. The maximum atomic E-state index is 11.4. The highest BCUT2D eigenvalue weighted by Gasteiger charge is 2.12. The molecule has 0 atom stereocenters. The zero-order valence-electron chi connectivity index (χ0n) is 8.00. The van der Waals surface area contributed by atoms with E-state index in [2.05, 4.69) is 5.92 Å². The van der Waals surface area contributed by atoms with Crippen LogP contribution in [0.2, 0.25) is 0 Å². The van der Waals surface area contributed by atoms with Crippen LogP contribution >= 0.6 is 0 Å². The predicted molar refractivity (Wildman–Crippen MR) is 49.8 cm³/mol. The SMILES string of the molecule is C#CCN(CCC)C(=O)N(C)C. The first-order chi connectivity index (χ1) is 5.63. The number of nitrogens with zero attached hydrogens (tertiary/aromatic N) is 2. The summed E-state index contributed by atoms with van der Waals surface area (Å²) in [4.78, 5) is 14.6. The highest BCUT2D eigenvalue weighted by Crippen LogP contribution is 1.95. The number of carbonyl (C=O) groups is 1. The predicted octanol–water partition coefficient (Wildman–Crippen LogP) is 1.01. The molecule has 0 fully saturated rings. The Hall–Kier alpha value is -1.17. The normalized spacial score (nSPS) is 8.83. The first kappa shape index (κ1) is 10.8. The van der Waals surface area contributed by atoms with Crippen molar-refractivity contribution in [2.24, 2.45) is 0 Å². The van der Waals surface area contributed by atoms with E-state index in [0.29, 0.717) is 6.54 Å². The highest BCUT2D eigenvalue weighted by molar-refractivity contribution is 5.74. The molecule has 2 amide bonds. The van der Waals surface area contributed by atoms with Gasteiger partial charge in [0.2, 0.25) is 0 Å². The van der Waals surface area contributed by atoms with Crippen LogP contribution in [0.3, 0.4) is 0 Å². The van der Waals surface area contributed by atoms with Gasteiger partial charge in [0.05, 0.1) is 6.54 Å². The zero-order valence-corrected chi connectivity index (χ0v) is 8.00. The molecule has 0 heterocycles. The average Bonchev–Trinajstić information content (AvgIpc) is 2.03. The third-order valence-corrected chi connectivity index (χ3v) is 1.43. The molecule has 0 N–H and O–H groups in total. The second kappa shape index (κ2) is 5.48. The molecule has 12 heavy (non-hydrogen) atoms. The summed E-state index contributed by atoms with van der Waals surface area (Å²) in [5.41, 5.74) is 0. The van der Waals surface area contributed by atoms with Gasteiger partial charge in [-0.1, -0.05) is 12.8 Å². The number of hydrogen-bond donors (Lipinski definition) is 0. The number of amides is 2. The molecule has 0 aromatic rings. The number of rotatable bonds is 3. The molecule has 0 spiro atoms. The average molecular weight is 168 g/mol. The molecular formula is C9H16N2O. The maximum absolute atomic E-state index is 11.4. The molecule has 0 rings (SSSR count). The van der Waals surface area contributed by atoms with Crippen LogP contribution in [0.15, 0.2) is 0 Å². The third-order valence-electron chi connectivity index (χ3n) is 1.43. The Morgan fingerprint density at radius 2 is 2.08 bits per heavy atom. The van der Waals surface area contributed by atoms with Crippen molar-refractivity contribution in [3.63, 3.8) is 0 Å². The number of urea groups is 1. The van der Waals surface area contributed by atoms with Crippen LogP contribution < -0.4 is 0 Å². The fourth-order valence-electron chi connectivity index (χ4n) is 0.905. The van der Waals surface area contributed by atoms with Crippen molar-refractivity contribution in [2.45, 2.75) is 13.3 Å². The van der Waals surface area contributed by atoms with Crippen LogP contribution in [-0.2, 0) is 0 Å². The van der Waals surface area contributed by atoms with Gasteiger partial charge in [0, 0.05) is 20.6 Å². The number of carbonyl (C=O) groups excluding carboxylic acids is 1. The third kappa shape index (κ3) is 3.29. The molecule has 0 aromatic carbocycles. The fraction of sp³-hybridized carbons (Fsp3) is 0.667. The first-order valence-corrected chi connectivity index (χ1v) is 4.03. The van der Waals surface area contributed by atoms with Gasteiger partial charge in [-0.15, -0.1) is 6.42 Å². The summed E-state index contributed by atoms with van der Waals surface area (Å²) in [6.07, 6.45) is 6.07. The molecule has 3 nitrogen and oxygen atoms in total. The monoisotopic (exact) mass is 168 g/mol. The summed E-state index contributed by atoms with van der Waals surface area (Å²) in [6, 6.07) is -0.0187. The topological polar surface area (TPSA) is 23.6 Å². The standard InChI is InChI=1S/C9H16N2O/c1-5-7-11(8-6-2)9(12)10(3)4/h1H,6-8H2,2-4H3. The highest BCUT2D eigenvalue weighted by atomic mass is 16.2. The van der Waals surface area contributed by atoms with Gasteiger partial charge in [-0.3, -0.25) is 0 Å². The minimum Gasteiger partial charge on any atom is -0.331 e. The quantitative estimate of drug-likeness (QED) is 0.577. The largest absolute Gasteiger partial charge is 0.331 e. The van der Waals surface area contributed by atoms with Crippen molar-refractivity contribution < 1.29 is 4.79 Å². The van der Waals surface area contributed by atoms with Gasteiger partial charge in [0.25, 0.3) is 0 Å².